The van der Waals surface area contributed by atoms with Gasteiger partial charge < -0.3 is 5.32 Å². The van der Waals surface area contributed by atoms with Gasteiger partial charge in [0, 0.05) is 6.26 Å². The van der Waals surface area contributed by atoms with E-state index in [4.69, 9.17) is 0 Å². The number of pyridine rings is 1. The Balaban J connectivity index is 2.67. The van der Waals surface area contributed by atoms with Crippen molar-refractivity contribution in [2.75, 3.05) is 17.3 Å². The van der Waals surface area contributed by atoms with Gasteiger partial charge in [-0.3, -0.25) is 4.79 Å². The average Bonchev–Trinajstić information content (AvgIpc) is 1.99. The molecular weight excluding hydrogens is 284 g/mol. The fraction of sp³-hybridized carbons (Fsp3) is 0.250. The second-order valence-electron chi connectivity index (χ2n) is 2.96. The van der Waals surface area contributed by atoms with Crippen molar-refractivity contribution in [1.82, 2.24) is 4.98 Å². The summed E-state index contributed by atoms with van der Waals surface area (Å²) >= 11 is 3.13. The predicted molar refractivity (Wildman–Crippen MR) is 60.3 cm³/mol. The summed E-state index contributed by atoms with van der Waals surface area (Å²) in [6.45, 7) is 0. The SMILES string of the molecule is CS(=O)(=O)CC(=O)Nc1cccc(Br)n1. The molecule has 1 aromatic heterocycles. The van der Waals surface area contributed by atoms with Gasteiger partial charge in [-0.2, -0.15) is 0 Å². The molecule has 0 radical (unpaired) electrons. The number of halogens is 1. The average molecular weight is 293 g/mol. The van der Waals surface area contributed by atoms with Gasteiger partial charge >= 0.3 is 0 Å². The number of nitrogens with zero attached hydrogens (tertiary/aromatic N) is 1. The summed E-state index contributed by atoms with van der Waals surface area (Å²) in [6, 6.07) is 4.96. The summed E-state index contributed by atoms with van der Waals surface area (Å²) in [6.07, 6.45) is 1.00. The predicted octanol–water partition coefficient (Wildman–Crippen LogP) is 0.827. The lowest BCUT2D eigenvalue weighted by Crippen LogP contribution is -2.22. The molecule has 0 unspecified atom stereocenters. The number of hydrogen-bond acceptors (Lipinski definition) is 4. The Labute approximate surface area is 96.0 Å². The third-order valence-electron chi connectivity index (χ3n) is 1.38. The van der Waals surface area contributed by atoms with Crippen molar-refractivity contribution in [1.29, 1.82) is 0 Å². The number of amides is 1. The first kappa shape index (κ1) is 12.1. The Hall–Kier alpha value is -0.950. The molecule has 15 heavy (non-hydrogen) atoms. The molecule has 0 fully saturated rings. The van der Waals surface area contributed by atoms with Crippen LogP contribution in [0.1, 0.15) is 0 Å². The van der Waals surface area contributed by atoms with Gasteiger partial charge in [0.1, 0.15) is 16.2 Å². The van der Waals surface area contributed by atoms with Crippen LogP contribution in [0, 0.1) is 0 Å². The Morgan fingerprint density at radius 1 is 1.53 bits per heavy atom. The first-order valence-electron chi connectivity index (χ1n) is 3.97. The molecule has 0 spiro atoms. The zero-order chi connectivity index (χ0) is 11.5. The second kappa shape index (κ2) is 4.71. The molecule has 0 saturated heterocycles. The molecule has 0 bridgehead atoms. The molecule has 0 aromatic carbocycles. The number of aromatic nitrogens is 1. The van der Waals surface area contributed by atoms with E-state index in [0.29, 0.717) is 10.4 Å². The molecule has 0 aliphatic heterocycles. The Bertz CT molecular complexity index is 473. The molecule has 1 heterocycles. The van der Waals surface area contributed by atoms with E-state index in [1.54, 1.807) is 18.2 Å². The number of nitrogens with one attached hydrogen (secondary N) is 1. The summed E-state index contributed by atoms with van der Waals surface area (Å²) in [5.74, 6) is -0.817. The van der Waals surface area contributed by atoms with E-state index in [2.05, 4.69) is 26.2 Å². The van der Waals surface area contributed by atoms with E-state index in [1.165, 1.54) is 0 Å². The third-order valence-corrected chi connectivity index (χ3v) is 2.60. The monoisotopic (exact) mass is 292 g/mol. The van der Waals surface area contributed by atoms with Gasteiger partial charge in [0.05, 0.1) is 0 Å². The lowest BCUT2D eigenvalue weighted by atomic mass is 10.4. The fourth-order valence-electron chi connectivity index (χ4n) is 0.895. The maximum absolute atomic E-state index is 11.2. The number of carbonyl (C=O) groups excluding carboxylic acids is 1. The van der Waals surface area contributed by atoms with Crippen LogP contribution in [0.25, 0.3) is 0 Å². The quantitative estimate of drug-likeness (QED) is 0.837. The van der Waals surface area contributed by atoms with E-state index < -0.39 is 21.5 Å². The first-order chi connectivity index (χ1) is 6.87. The van der Waals surface area contributed by atoms with Gasteiger partial charge in [0.15, 0.2) is 9.84 Å². The normalized spacial score (nSPS) is 11.1. The molecule has 0 aliphatic carbocycles. The van der Waals surface area contributed by atoms with Crippen molar-refractivity contribution in [2.45, 2.75) is 0 Å². The van der Waals surface area contributed by atoms with Crippen molar-refractivity contribution in [3.05, 3.63) is 22.8 Å². The van der Waals surface area contributed by atoms with E-state index in [1.807, 2.05) is 0 Å². The highest BCUT2D eigenvalue weighted by Gasteiger charge is 2.11. The molecule has 1 aromatic rings. The molecular formula is C8H9BrN2O3S. The first-order valence-corrected chi connectivity index (χ1v) is 6.82. The summed E-state index contributed by atoms with van der Waals surface area (Å²) in [4.78, 5) is 15.1. The fourth-order valence-corrected chi connectivity index (χ4v) is 1.79. The van der Waals surface area contributed by atoms with Crippen LogP contribution in [0.2, 0.25) is 0 Å². The molecule has 1 amide bonds. The molecule has 0 saturated carbocycles. The van der Waals surface area contributed by atoms with Crippen LogP contribution in [0.4, 0.5) is 5.82 Å². The lowest BCUT2D eigenvalue weighted by molar-refractivity contribution is -0.113. The number of carbonyl (C=O) groups is 1. The van der Waals surface area contributed by atoms with Crippen LogP contribution >= 0.6 is 15.9 Å². The van der Waals surface area contributed by atoms with Gasteiger partial charge in [-0.15, -0.1) is 0 Å². The smallest absolute Gasteiger partial charge is 0.240 e. The van der Waals surface area contributed by atoms with Crippen molar-refractivity contribution in [3.63, 3.8) is 0 Å². The van der Waals surface area contributed by atoms with Gasteiger partial charge in [0.2, 0.25) is 5.91 Å². The van der Waals surface area contributed by atoms with Crippen LogP contribution < -0.4 is 5.32 Å². The third kappa shape index (κ3) is 4.89. The summed E-state index contributed by atoms with van der Waals surface area (Å²) < 4.78 is 22.2. The van der Waals surface area contributed by atoms with Crippen molar-refractivity contribution < 1.29 is 13.2 Å². The standard InChI is InChI=1S/C8H9BrN2O3S/c1-15(13,14)5-8(12)11-7-4-2-3-6(9)10-7/h2-4H,5H2,1H3,(H,10,11,12). The van der Waals surface area contributed by atoms with Crippen LogP contribution in [-0.4, -0.2) is 31.3 Å². The highest BCUT2D eigenvalue weighted by atomic mass is 79.9. The highest BCUT2D eigenvalue weighted by Crippen LogP contribution is 2.09. The van der Waals surface area contributed by atoms with Crippen molar-refractivity contribution in [3.8, 4) is 0 Å². The Kier molecular flexibility index (Phi) is 3.81. The highest BCUT2D eigenvalue weighted by molar-refractivity contribution is 9.10. The lowest BCUT2D eigenvalue weighted by Gasteiger charge is -2.03. The minimum absolute atomic E-state index is 0.318. The van der Waals surface area contributed by atoms with Gasteiger partial charge in [-0.1, -0.05) is 6.07 Å². The van der Waals surface area contributed by atoms with E-state index in [-0.39, 0.29) is 0 Å². The molecule has 5 nitrogen and oxygen atoms in total. The van der Waals surface area contributed by atoms with Gasteiger partial charge in [-0.05, 0) is 28.1 Å². The zero-order valence-electron chi connectivity index (χ0n) is 7.90. The summed E-state index contributed by atoms with van der Waals surface area (Å²) in [5.41, 5.74) is 0. The van der Waals surface area contributed by atoms with E-state index >= 15 is 0 Å². The largest absolute Gasteiger partial charge is 0.310 e. The Morgan fingerprint density at radius 2 is 2.20 bits per heavy atom. The molecule has 0 aliphatic rings. The maximum Gasteiger partial charge on any atom is 0.240 e. The molecule has 0 atom stereocenters. The van der Waals surface area contributed by atoms with Crippen LogP contribution in [-0.2, 0) is 14.6 Å². The van der Waals surface area contributed by atoms with Crippen LogP contribution in [0.15, 0.2) is 22.8 Å². The molecule has 7 heteroatoms. The van der Waals surface area contributed by atoms with Gasteiger partial charge in [0.25, 0.3) is 0 Å². The number of anilines is 1. The topological polar surface area (TPSA) is 76.1 Å². The minimum atomic E-state index is -3.31. The number of sulfone groups is 1. The van der Waals surface area contributed by atoms with E-state index in [0.717, 1.165) is 6.26 Å². The minimum Gasteiger partial charge on any atom is -0.310 e. The molecule has 1 rings (SSSR count). The number of hydrogen-bond donors (Lipinski definition) is 1. The summed E-state index contributed by atoms with van der Waals surface area (Å²) in [7, 11) is -3.31. The van der Waals surface area contributed by atoms with Crippen molar-refractivity contribution in [2.24, 2.45) is 0 Å². The zero-order valence-corrected chi connectivity index (χ0v) is 10.3. The molecule has 1 N–H and O–H groups in total. The number of rotatable bonds is 3. The van der Waals surface area contributed by atoms with E-state index in [9.17, 15) is 13.2 Å². The maximum atomic E-state index is 11.2. The van der Waals surface area contributed by atoms with Crippen LogP contribution in [0.5, 0.6) is 0 Å². The Morgan fingerprint density at radius 3 is 2.73 bits per heavy atom. The van der Waals surface area contributed by atoms with Gasteiger partial charge in [-0.25, -0.2) is 13.4 Å². The summed E-state index contributed by atoms with van der Waals surface area (Å²) in [5, 5.41) is 2.38. The van der Waals surface area contributed by atoms with Crippen molar-refractivity contribution >= 4 is 37.5 Å². The second-order valence-corrected chi connectivity index (χ2v) is 5.92. The molecule has 82 valence electrons. The van der Waals surface area contributed by atoms with Crippen LogP contribution in [0.3, 0.4) is 0 Å².